The molecule has 8 heteroatoms. The summed E-state index contributed by atoms with van der Waals surface area (Å²) in [6.07, 6.45) is 3.32. The van der Waals surface area contributed by atoms with Gasteiger partial charge in [-0.05, 0) is 61.5 Å². The second-order valence-corrected chi connectivity index (χ2v) is 7.87. The normalized spacial score (nSPS) is 11.0. The van der Waals surface area contributed by atoms with Gasteiger partial charge in [0.15, 0.2) is 0 Å². The fraction of sp³-hybridized carbons (Fsp3) is 0.0741. The Morgan fingerprint density at radius 1 is 1.03 bits per heavy atom. The number of carbonyl (C=O) groups excluding carboxylic acids is 1. The van der Waals surface area contributed by atoms with Gasteiger partial charge in [-0.1, -0.05) is 12.1 Å². The molecule has 0 aliphatic carbocycles. The van der Waals surface area contributed by atoms with E-state index in [1.54, 1.807) is 37.3 Å². The summed E-state index contributed by atoms with van der Waals surface area (Å²) in [6.45, 7) is 1.90. The van der Waals surface area contributed by atoms with Crippen LogP contribution in [-0.2, 0) is 4.74 Å². The van der Waals surface area contributed by atoms with Crippen LogP contribution in [0, 0.1) is 0 Å². The number of carbonyl (C=O) groups is 2. The van der Waals surface area contributed by atoms with E-state index in [-0.39, 0.29) is 23.5 Å². The predicted molar refractivity (Wildman–Crippen MR) is 133 cm³/mol. The van der Waals surface area contributed by atoms with Crippen LogP contribution in [0.15, 0.2) is 79.1 Å². The van der Waals surface area contributed by atoms with Crippen molar-refractivity contribution in [2.45, 2.75) is 6.92 Å². The Balaban J connectivity index is 1.72. The minimum Gasteiger partial charge on any atom is -0.508 e. The molecule has 174 valence electrons. The summed E-state index contributed by atoms with van der Waals surface area (Å²) in [7, 11) is 0. The average Bonchev–Trinajstić information content (AvgIpc) is 3.27. The maximum absolute atomic E-state index is 12.8. The van der Waals surface area contributed by atoms with E-state index in [0.717, 1.165) is 16.6 Å². The largest absolute Gasteiger partial charge is 0.508 e. The molecule has 5 aromatic rings. The van der Waals surface area contributed by atoms with Gasteiger partial charge in [0.2, 0.25) is 0 Å². The number of hydrogen-bond donors (Lipinski definition) is 3. The van der Waals surface area contributed by atoms with Gasteiger partial charge in [-0.25, -0.2) is 9.59 Å². The van der Waals surface area contributed by atoms with Gasteiger partial charge in [0.05, 0.1) is 34.6 Å². The van der Waals surface area contributed by atoms with Crippen molar-refractivity contribution < 1.29 is 24.5 Å². The van der Waals surface area contributed by atoms with Gasteiger partial charge in [-0.2, -0.15) is 0 Å². The minimum absolute atomic E-state index is 0.0691. The Bertz CT molecular complexity index is 1610. The van der Waals surface area contributed by atoms with E-state index >= 15 is 0 Å². The van der Waals surface area contributed by atoms with E-state index in [1.807, 2.05) is 41.1 Å². The third-order valence-electron chi connectivity index (χ3n) is 5.72. The van der Waals surface area contributed by atoms with Gasteiger partial charge in [-0.15, -0.1) is 0 Å². The summed E-state index contributed by atoms with van der Waals surface area (Å²) in [4.78, 5) is 29.0. The fourth-order valence-corrected chi connectivity index (χ4v) is 4.10. The van der Waals surface area contributed by atoms with Crippen LogP contribution in [0.5, 0.6) is 5.75 Å². The number of nitrogens with zero attached hydrogens (tertiary/aromatic N) is 2. The first-order chi connectivity index (χ1) is 17.0. The summed E-state index contributed by atoms with van der Waals surface area (Å²) in [5, 5.41) is 24.1. The highest BCUT2D eigenvalue weighted by Gasteiger charge is 2.20. The maximum Gasteiger partial charge on any atom is 0.341 e. The van der Waals surface area contributed by atoms with Crippen LogP contribution in [0.2, 0.25) is 0 Å². The standard InChI is InChI=1S/C27H21N3O5/c1-2-35-27(34)21-15-28-22-9-7-17(30-12-11-16-13-18(31)8-10-24(16)30)14-20(22)25(21)29-23-6-4-3-5-19(23)26(32)33/h3-15,31H,2H2,1H3,(H,28,29)(H,32,33). The van der Waals surface area contributed by atoms with Crippen LogP contribution in [0.3, 0.4) is 0 Å². The van der Waals surface area contributed by atoms with Crippen LogP contribution in [0.25, 0.3) is 27.5 Å². The molecule has 0 unspecified atom stereocenters. The number of carboxylic acid groups (broad SMARTS) is 1. The second kappa shape index (κ2) is 8.83. The second-order valence-electron chi connectivity index (χ2n) is 7.87. The van der Waals surface area contributed by atoms with Gasteiger partial charge in [0, 0.05) is 28.9 Å². The molecule has 0 fully saturated rings. The van der Waals surface area contributed by atoms with Crippen LogP contribution >= 0.6 is 0 Å². The molecule has 2 aromatic heterocycles. The molecule has 0 bridgehead atoms. The SMILES string of the molecule is CCOC(=O)c1cnc2ccc(-n3ccc4cc(O)ccc43)cc2c1Nc1ccccc1C(=O)O. The first-order valence-corrected chi connectivity index (χ1v) is 11.0. The van der Waals surface area contributed by atoms with Crippen molar-refractivity contribution in [3.8, 4) is 11.4 Å². The van der Waals surface area contributed by atoms with Crippen LogP contribution in [0.4, 0.5) is 11.4 Å². The number of phenolic OH excluding ortho intramolecular Hbond substituents is 1. The molecule has 0 amide bonds. The Hall–Kier alpha value is -4.85. The number of hydrogen-bond acceptors (Lipinski definition) is 6. The van der Waals surface area contributed by atoms with E-state index in [4.69, 9.17) is 4.74 Å². The number of para-hydroxylation sites is 1. The number of esters is 1. The number of aromatic nitrogens is 2. The van der Waals surface area contributed by atoms with Crippen molar-refractivity contribution in [3.05, 3.63) is 90.3 Å². The lowest BCUT2D eigenvalue weighted by molar-refractivity contribution is 0.0526. The monoisotopic (exact) mass is 467 g/mol. The van der Waals surface area contributed by atoms with Crippen molar-refractivity contribution >= 4 is 45.1 Å². The Morgan fingerprint density at radius 3 is 2.66 bits per heavy atom. The van der Waals surface area contributed by atoms with E-state index in [2.05, 4.69) is 10.3 Å². The number of fused-ring (bicyclic) bond motifs is 2. The Labute approximate surface area is 200 Å². The van der Waals surface area contributed by atoms with E-state index < -0.39 is 11.9 Å². The van der Waals surface area contributed by atoms with E-state index in [9.17, 15) is 19.8 Å². The molecule has 0 aliphatic heterocycles. The fourth-order valence-electron chi connectivity index (χ4n) is 4.10. The summed E-state index contributed by atoms with van der Waals surface area (Å²) in [6, 6.07) is 19.1. The summed E-state index contributed by atoms with van der Waals surface area (Å²) in [5.74, 6) is -1.47. The molecular formula is C27H21N3O5. The van der Waals surface area contributed by atoms with E-state index in [1.165, 1.54) is 12.3 Å². The number of aromatic carboxylic acids is 1. The zero-order valence-corrected chi connectivity index (χ0v) is 18.7. The zero-order valence-electron chi connectivity index (χ0n) is 18.7. The molecule has 0 spiro atoms. The summed E-state index contributed by atoms with van der Waals surface area (Å²) >= 11 is 0. The molecule has 0 radical (unpaired) electrons. The molecule has 5 rings (SSSR count). The molecule has 2 heterocycles. The lowest BCUT2D eigenvalue weighted by Crippen LogP contribution is -2.11. The minimum atomic E-state index is -1.09. The number of rotatable bonds is 6. The maximum atomic E-state index is 12.8. The number of phenols is 1. The van der Waals surface area contributed by atoms with Crippen molar-refractivity contribution in [1.29, 1.82) is 0 Å². The number of benzene rings is 3. The molecule has 0 saturated carbocycles. The number of nitrogens with one attached hydrogen (secondary N) is 1. The number of anilines is 2. The van der Waals surface area contributed by atoms with Gasteiger partial charge in [0.25, 0.3) is 0 Å². The highest BCUT2D eigenvalue weighted by atomic mass is 16.5. The van der Waals surface area contributed by atoms with Crippen LogP contribution in [0.1, 0.15) is 27.6 Å². The number of pyridine rings is 1. The topological polar surface area (TPSA) is 114 Å². The van der Waals surface area contributed by atoms with Crippen molar-refractivity contribution in [3.63, 3.8) is 0 Å². The number of ether oxygens (including phenoxy) is 1. The molecule has 3 N–H and O–H groups in total. The smallest absolute Gasteiger partial charge is 0.341 e. The van der Waals surface area contributed by atoms with Crippen molar-refractivity contribution in [2.24, 2.45) is 0 Å². The van der Waals surface area contributed by atoms with Crippen LogP contribution < -0.4 is 5.32 Å². The highest BCUT2D eigenvalue weighted by Crippen LogP contribution is 2.33. The van der Waals surface area contributed by atoms with Gasteiger partial charge >= 0.3 is 11.9 Å². The van der Waals surface area contributed by atoms with E-state index in [0.29, 0.717) is 22.3 Å². The zero-order chi connectivity index (χ0) is 24.5. The summed E-state index contributed by atoms with van der Waals surface area (Å²) in [5.41, 5.74) is 3.31. The number of aromatic hydroxyl groups is 1. The molecule has 0 atom stereocenters. The average molecular weight is 467 g/mol. The molecular weight excluding hydrogens is 446 g/mol. The number of carboxylic acids is 1. The molecule has 0 saturated heterocycles. The molecule has 8 nitrogen and oxygen atoms in total. The van der Waals surface area contributed by atoms with Gasteiger partial charge in [-0.3, -0.25) is 4.98 Å². The van der Waals surface area contributed by atoms with Gasteiger partial charge < -0.3 is 24.8 Å². The molecule has 35 heavy (non-hydrogen) atoms. The molecule has 0 aliphatic rings. The Kier molecular flexibility index (Phi) is 5.54. The molecule has 3 aromatic carbocycles. The predicted octanol–water partition coefficient (Wildman–Crippen LogP) is 5.50. The Morgan fingerprint density at radius 2 is 1.86 bits per heavy atom. The highest BCUT2D eigenvalue weighted by molar-refractivity contribution is 6.07. The third kappa shape index (κ3) is 4.02. The van der Waals surface area contributed by atoms with Crippen molar-refractivity contribution in [1.82, 2.24) is 9.55 Å². The van der Waals surface area contributed by atoms with Crippen LogP contribution in [-0.4, -0.2) is 38.3 Å². The summed E-state index contributed by atoms with van der Waals surface area (Å²) < 4.78 is 7.20. The third-order valence-corrected chi connectivity index (χ3v) is 5.72. The van der Waals surface area contributed by atoms with Crippen molar-refractivity contribution in [2.75, 3.05) is 11.9 Å². The first-order valence-electron chi connectivity index (χ1n) is 11.0. The lowest BCUT2D eigenvalue weighted by atomic mass is 10.1. The first kappa shape index (κ1) is 22.0. The lowest BCUT2D eigenvalue weighted by Gasteiger charge is -2.16. The van der Waals surface area contributed by atoms with Gasteiger partial charge in [0.1, 0.15) is 11.3 Å². The quantitative estimate of drug-likeness (QED) is 0.282.